The highest BCUT2D eigenvalue weighted by atomic mass is 16.5. The molecule has 2 rings (SSSR count). The van der Waals surface area contributed by atoms with Crippen molar-refractivity contribution < 1.29 is 4.74 Å². The van der Waals surface area contributed by atoms with E-state index in [-0.39, 0.29) is 11.2 Å². The van der Waals surface area contributed by atoms with Gasteiger partial charge in [0.1, 0.15) is 5.75 Å². The molecular weight excluding hydrogens is 270 g/mol. The number of nitrogen functional groups attached to an aromatic ring is 1. The molecule has 6 heteroatoms. The second-order valence-corrected chi connectivity index (χ2v) is 4.65. The molecule has 0 saturated carbocycles. The zero-order valence-electron chi connectivity index (χ0n) is 12.0. The lowest BCUT2D eigenvalue weighted by Crippen LogP contribution is -2.39. The monoisotopic (exact) mass is 289 g/mol. The summed E-state index contributed by atoms with van der Waals surface area (Å²) in [7, 11) is 0. The van der Waals surface area contributed by atoms with Gasteiger partial charge in [0.15, 0.2) is 0 Å². The van der Waals surface area contributed by atoms with Gasteiger partial charge < -0.3 is 15.0 Å². The van der Waals surface area contributed by atoms with Crippen molar-refractivity contribution in [2.45, 2.75) is 26.4 Å². The number of anilines is 1. The summed E-state index contributed by atoms with van der Waals surface area (Å²) in [6.07, 6.45) is 2.09. The number of aromatic nitrogens is 2. The van der Waals surface area contributed by atoms with Crippen LogP contribution in [0.3, 0.4) is 0 Å². The first kappa shape index (κ1) is 14.9. The van der Waals surface area contributed by atoms with E-state index in [0.29, 0.717) is 37.6 Å². The van der Waals surface area contributed by atoms with Gasteiger partial charge in [0.25, 0.3) is 5.56 Å². The van der Waals surface area contributed by atoms with Crippen molar-refractivity contribution >= 4 is 5.69 Å². The molecule has 0 radical (unpaired) electrons. The van der Waals surface area contributed by atoms with Gasteiger partial charge in [0.2, 0.25) is 0 Å². The molecular formula is C15H19N3O3. The van der Waals surface area contributed by atoms with Gasteiger partial charge in [-0.05, 0) is 25.5 Å². The molecule has 1 aromatic heterocycles. The van der Waals surface area contributed by atoms with Crippen molar-refractivity contribution in [3.63, 3.8) is 0 Å². The van der Waals surface area contributed by atoms with E-state index in [2.05, 4.69) is 0 Å². The van der Waals surface area contributed by atoms with Crippen LogP contribution in [0.15, 0.2) is 46.1 Å². The topological polar surface area (TPSA) is 79.2 Å². The molecule has 0 spiro atoms. The Hall–Kier alpha value is -2.50. The molecule has 0 aliphatic heterocycles. The van der Waals surface area contributed by atoms with Crippen molar-refractivity contribution in [2.75, 3.05) is 12.3 Å². The molecule has 1 aromatic carbocycles. The Labute approximate surface area is 122 Å². The van der Waals surface area contributed by atoms with Crippen LogP contribution in [-0.2, 0) is 13.1 Å². The third-order valence-corrected chi connectivity index (χ3v) is 3.13. The van der Waals surface area contributed by atoms with Gasteiger partial charge in [-0.3, -0.25) is 9.36 Å². The first-order valence-corrected chi connectivity index (χ1v) is 6.90. The lowest BCUT2D eigenvalue weighted by Gasteiger charge is -2.09. The fourth-order valence-electron chi connectivity index (χ4n) is 2.02. The number of ether oxygens (including phenoxy) is 1. The minimum atomic E-state index is -0.284. The summed E-state index contributed by atoms with van der Waals surface area (Å²) in [6, 6.07) is 8.55. The van der Waals surface area contributed by atoms with Crippen LogP contribution in [-0.4, -0.2) is 15.7 Å². The van der Waals surface area contributed by atoms with Gasteiger partial charge >= 0.3 is 5.69 Å². The lowest BCUT2D eigenvalue weighted by molar-refractivity contribution is 0.299. The molecule has 0 aliphatic rings. The van der Waals surface area contributed by atoms with Crippen LogP contribution in [0.1, 0.15) is 13.3 Å². The number of aryl methyl sites for hydroxylation is 1. The van der Waals surface area contributed by atoms with E-state index in [4.69, 9.17) is 10.5 Å². The van der Waals surface area contributed by atoms with Crippen LogP contribution >= 0.6 is 0 Å². The highest BCUT2D eigenvalue weighted by Crippen LogP contribution is 2.14. The molecule has 0 amide bonds. The van der Waals surface area contributed by atoms with Crippen molar-refractivity contribution in [1.82, 2.24) is 9.13 Å². The third-order valence-electron chi connectivity index (χ3n) is 3.13. The van der Waals surface area contributed by atoms with E-state index in [1.807, 2.05) is 19.1 Å². The maximum Gasteiger partial charge on any atom is 0.330 e. The number of hydrogen-bond acceptors (Lipinski definition) is 4. The summed E-state index contributed by atoms with van der Waals surface area (Å²) in [5.41, 5.74) is 5.73. The highest BCUT2D eigenvalue weighted by molar-refractivity contribution is 5.43. The summed E-state index contributed by atoms with van der Waals surface area (Å²) in [4.78, 5) is 23.7. The molecule has 0 aliphatic carbocycles. The van der Waals surface area contributed by atoms with E-state index in [9.17, 15) is 9.59 Å². The van der Waals surface area contributed by atoms with E-state index in [0.717, 1.165) is 0 Å². The van der Waals surface area contributed by atoms with Gasteiger partial charge in [-0.1, -0.05) is 6.07 Å². The second kappa shape index (κ2) is 6.78. The van der Waals surface area contributed by atoms with Crippen LogP contribution in [0, 0.1) is 0 Å². The standard InChI is InChI=1S/C15H19N3O3/c1-2-17-9-7-14(19)18(15(17)20)8-4-10-21-13-6-3-5-12(16)11-13/h3,5-7,9,11H,2,4,8,10,16H2,1H3. The van der Waals surface area contributed by atoms with E-state index < -0.39 is 0 Å². The molecule has 0 unspecified atom stereocenters. The Morgan fingerprint density at radius 2 is 2.05 bits per heavy atom. The van der Waals surface area contributed by atoms with Crippen LogP contribution in [0.25, 0.3) is 0 Å². The predicted molar refractivity (Wildman–Crippen MR) is 81.6 cm³/mol. The summed E-state index contributed by atoms with van der Waals surface area (Å²) in [5.74, 6) is 0.682. The van der Waals surface area contributed by atoms with Crippen molar-refractivity contribution in [3.8, 4) is 5.75 Å². The Morgan fingerprint density at radius 3 is 2.76 bits per heavy atom. The summed E-state index contributed by atoms with van der Waals surface area (Å²) >= 11 is 0. The van der Waals surface area contributed by atoms with Crippen molar-refractivity contribution in [1.29, 1.82) is 0 Å². The first-order valence-electron chi connectivity index (χ1n) is 6.90. The molecule has 0 saturated heterocycles. The van der Waals surface area contributed by atoms with Gasteiger partial charge in [-0.15, -0.1) is 0 Å². The molecule has 21 heavy (non-hydrogen) atoms. The summed E-state index contributed by atoms with van der Waals surface area (Å²) < 4.78 is 8.27. The van der Waals surface area contributed by atoms with Gasteiger partial charge in [0, 0.05) is 37.1 Å². The zero-order chi connectivity index (χ0) is 15.2. The molecule has 0 atom stereocenters. The molecule has 112 valence electrons. The average molecular weight is 289 g/mol. The van der Waals surface area contributed by atoms with Crippen molar-refractivity contribution in [2.24, 2.45) is 0 Å². The lowest BCUT2D eigenvalue weighted by atomic mass is 10.3. The second-order valence-electron chi connectivity index (χ2n) is 4.65. The summed E-state index contributed by atoms with van der Waals surface area (Å²) in [6.45, 7) is 3.15. The van der Waals surface area contributed by atoms with Crippen LogP contribution in [0.2, 0.25) is 0 Å². The number of rotatable bonds is 6. The van der Waals surface area contributed by atoms with Gasteiger partial charge in [0.05, 0.1) is 6.61 Å². The molecule has 0 bridgehead atoms. The minimum absolute atomic E-state index is 0.283. The van der Waals surface area contributed by atoms with Gasteiger partial charge in [-0.25, -0.2) is 4.79 Å². The maximum atomic E-state index is 12.0. The Kier molecular flexibility index (Phi) is 4.81. The average Bonchev–Trinajstić information content (AvgIpc) is 2.46. The smallest absolute Gasteiger partial charge is 0.330 e. The largest absolute Gasteiger partial charge is 0.493 e. The highest BCUT2D eigenvalue weighted by Gasteiger charge is 2.04. The maximum absolute atomic E-state index is 12.0. The van der Waals surface area contributed by atoms with Crippen LogP contribution in [0.5, 0.6) is 5.75 Å². The fraction of sp³-hybridized carbons (Fsp3) is 0.333. The Bertz CT molecular complexity index is 719. The molecule has 2 N–H and O–H groups in total. The van der Waals surface area contributed by atoms with E-state index in [1.165, 1.54) is 21.4 Å². The normalized spacial score (nSPS) is 10.5. The summed E-state index contributed by atoms with van der Waals surface area (Å²) in [5, 5.41) is 0. The van der Waals surface area contributed by atoms with Crippen molar-refractivity contribution in [3.05, 3.63) is 57.4 Å². The number of benzene rings is 1. The molecule has 1 heterocycles. The van der Waals surface area contributed by atoms with E-state index >= 15 is 0 Å². The SMILES string of the molecule is CCn1ccc(=O)n(CCCOc2cccc(N)c2)c1=O. The van der Waals surface area contributed by atoms with Crippen LogP contribution in [0.4, 0.5) is 5.69 Å². The zero-order valence-corrected chi connectivity index (χ0v) is 12.0. The fourth-order valence-corrected chi connectivity index (χ4v) is 2.02. The molecule has 6 nitrogen and oxygen atoms in total. The van der Waals surface area contributed by atoms with Gasteiger partial charge in [-0.2, -0.15) is 0 Å². The number of nitrogens with zero attached hydrogens (tertiary/aromatic N) is 2. The third kappa shape index (κ3) is 3.75. The number of hydrogen-bond donors (Lipinski definition) is 1. The first-order chi connectivity index (χ1) is 10.1. The number of nitrogens with two attached hydrogens (primary N) is 1. The van der Waals surface area contributed by atoms with E-state index in [1.54, 1.807) is 12.1 Å². The Morgan fingerprint density at radius 1 is 1.24 bits per heavy atom. The molecule has 0 fully saturated rings. The predicted octanol–water partition coefficient (Wildman–Crippen LogP) is 1.08. The minimum Gasteiger partial charge on any atom is -0.493 e. The van der Waals surface area contributed by atoms with Crippen LogP contribution < -0.4 is 21.7 Å². The quantitative estimate of drug-likeness (QED) is 0.637. The molecule has 2 aromatic rings. The Balaban J connectivity index is 1.95.